The Hall–Kier alpha value is -0.750. The van der Waals surface area contributed by atoms with Crippen LogP contribution in [0.2, 0.25) is 10.0 Å². The molecule has 0 bridgehead atoms. The van der Waals surface area contributed by atoms with E-state index in [0.717, 1.165) is 12.8 Å². The molecule has 0 heterocycles. The number of primary sulfonamides is 1. The monoisotopic (exact) mass is 309 g/mol. The minimum atomic E-state index is -3.89. The first-order valence-corrected chi connectivity index (χ1v) is 7.42. The Morgan fingerprint density at radius 2 is 2.00 bits per heavy atom. The van der Waals surface area contributed by atoms with Gasteiger partial charge in [0.1, 0.15) is 10.6 Å². The van der Waals surface area contributed by atoms with Gasteiger partial charge in [0, 0.05) is 6.07 Å². The van der Waals surface area contributed by atoms with E-state index in [9.17, 15) is 8.42 Å². The third kappa shape index (κ3) is 4.17. The van der Waals surface area contributed by atoms with Crippen molar-refractivity contribution in [2.45, 2.75) is 17.7 Å². The third-order valence-electron chi connectivity index (χ3n) is 2.10. The average molecular weight is 310 g/mol. The molecule has 0 unspecified atom stereocenters. The highest BCUT2D eigenvalue weighted by atomic mass is 35.5. The first-order valence-electron chi connectivity index (χ1n) is 5.12. The molecule has 1 rings (SSSR count). The number of hydrogen-bond acceptors (Lipinski definition) is 3. The molecule has 0 saturated carbocycles. The van der Waals surface area contributed by atoms with Gasteiger partial charge < -0.3 is 4.74 Å². The summed E-state index contributed by atoms with van der Waals surface area (Å²) in [5.41, 5.74) is 0. The predicted octanol–water partition coefficient (Wildman–Crippen LogP) is 2.99. The van der Waals surface area contributed by atoms with E-state index in [1.54, 1.807) is 6.08 Å². The molecule has 4 nitrogen and oxygen atoms in total. The normalized spacial score (nSPS) is 11.3. The Kier molecular flexibility index (Phi) is 5.47. The van der Waals surface area contributed by atoms with Crippen LogP contribution in [-0.2, 0) is 10.0 Å². The van der Waals surface area contributed by atoms with Crippen LogP contribution in [0.5, 0.6) is 5.75 Å². The van der Waals surface area contributed by atoms with Gasteiger partial charge in [-0.1, -0.05) is 29.3 Å². The fraction of sp³-hybridized carbons (Fsp3) is 0.273. The predicted molar refractivity (Wildman–Crippen MR) is 72.8 cm³/mol. The van der Waals surface area contributed by atoms with E-state index in [0.29, 0.717) is 12.4 Å². The fourth-order valence-electron chi connectivity index (χ4n) is 1.25. The zero-order valence-corrected chi connectivity index (χ0v) is 11.9. The molecule has 0 aliphatic carbocycles. The molecule has 18 heavy (non-hydrogen) atoms. The highest BCUT2D eigenvalue weighted by molar-refractivity contribution is 7.89. The highest BCUT2D eigenvalue weighted by Crippen LogP contribution is 2.33. The summed E-state index contributed by atoms with van der Waals surface area (Å²) in [4.78, 5) is -0.215. The number of nitrogens with two attached hydrogens (primary N) is 1. The van der Waals surface area contributed by atoms with E-state index in [-0.39, 0.29) is 14.9 Å². The lowest BCUT2D eigenvalue weighted by Crippen LogP contribution is -2.13. The number of unbranched alkanes of at least 4 members (excludes halogenated alkanes) is 1. The molecular formula is C11H13Cl2NO3S. The molecule has 100 valence electrons. The van der Waals surface area contributed by atoms with E-state index in [1.807, 2.05) is 0 Å². The largest absolute Gasteiger partial charge is 0.492 e. The number of sulfonamides is 1. The zero-order chi connectivity index (χ0) is 13.8. The molecule has 0 aliphatic heterocycles. The lowest BCUT2D eigenvalue weighted by molar-refractivity contribution is 0.312. The number of benzene rings is 1. The summed E-state index contributed by atoms with van der Waals surface area (Å²) in [6.45, 7) is 4.03. The van der Waals surface area contributed by atoms with Crippen molar-refractivity contribution in [1.29, 1.82) is 0 Å². The number of hydrogen-bond donors (Lipinski definition) is 1. The zero-order valence-electron chi connectivity index (χ0n) is 9.53. The standard InChI is InChI=1S/C11H13Cl2NO3S/c1-2-3-4-5-17-10-6-9(13)11(7-8(10)12)18(14,15)16/h2,6-7H,1,3-5H2,(H2,14,15,16). The van der Waals surface area contributed by atoms with Crippen LogP contribution in [0, 0.1) is 0 Å². The molecular weight excluding hydrogens is 297 g/mol. The van der Waals surface area contributed by atoms with E-state index >= 15 is 0 Å². The molecule has 0 saturated heterocycles. The number of halogens is 2. The lowest BCUT2D eigenvalue weighted by atomic mass is 10.3. The molecule has 7 heteroatoms. The van der Waals surface area contributed by atoms with Gasteiger partial charge >= 0.3 is 0 Å². The number of allylic oxidation sites excluding steroid dienone is 1. The van der Waals surface area contributed by atoms with Crippen LogP contribution >= 0.6 is 23.2 Å². The van der Waals surface area contributed by atoms with Gasteiger partial charge in [0.25, 0.3) is 0 Å². The molecule has 1 aromatic rings. The topological polar surface area (TPSA) is 69.4 Å². The van der Waals surface area contributed by atoms with Crippen molar-refractivity contribution in [2.75, 3.05) is 6.61 Å². The summed E-state index contributed by atoms with van der Waals surface area (Å²) in [6, 6.07) is 2.53. The highest BCUT2D eigenvalue weighted by Gasteiger charge is 2.16. The smallest absolute Gasteiger partial charge is 0.239 e. The van der Waals surface area contributed by atoms with E-state index in [1.165, 1.54) is 12.1 Å². The van der Waals surface area contributed by atoms with Crippen LogP contribution in [-0.4, -0.2) is 15.0 Å². The van der Waals surface area contributed by atoms with Crippen LogP contribution in [0.15, 0.2) is 29.7 Å². The van der Waals surface area contributed by atoms with Crippen molar-refractivity contribution in [3.05, 3.63) is 34.8 Å². The van der Waals surface area contributed by atoms with Crippen molar-refractivity contribution in [3.8, 4) is 5.75 Å². The molecule has 1 aromatic carbocycles. The molecule has 0 atom stereocenters. The SMILES string of the molecule is C=CCCCOc1cc(Cl)c(S(N)(=O)=O)cc1Cl. The van der Waals surface area contributed by atoms with E-state index < -0.39 is 10.0 Å². The Bertz CT molecular complexity index is 543. The maximum Gasteiger partial charge on any atom is 0.239 e. The fourth-order valence-corrected chi connectivity index (χ4v) is 2.62. The quantitative estimate of drug-likeness (QED) is 0.648. The number of ether oxygens (including phenoxy) is 1. The molecule has 0 radical (unpaired) electrons. The van der Waals surface area contributed by atoms with Gasteiger partial charge in [0.05, 0.1) is 16.7 Å². The Labute approximate surface area is 116 Å². The minimum absolute atomic E-state index is 0.0133. The van der Waals surface area contributed by atoms with Crippen LogP contribution in [0.3, 0.4) is 0 Å². The molecule has 0 amide bonds. The second-order valence-corrected chi connectivity index (χ2v) is 5.88. The Balaban J connectivity index is 2.90. The van der Waals surface area contributed by atoms with Crippen molar-refractivity contribution >= 4 is 33.2 Å². The van der Waals surface area contributed by atoms with Gasteiger partial charge in [-0.3, -0.25) is 0 Å². The van der Waals surface area contributed by atoms with Gasteiger partial charge in [-0.25, -0.2) is 13.6 Å². The van der Waals surface area contributed by atoms with Gasteiger partial charge in [-0.15, -0.1) is 6.58 Å². The Morgan fingerprint density at radius 1 is 1.33 bits per heavy atom. The van der Waals surface area contributed by atoms with E-state index in [2.05, 4.69) is 6.58 Å². The first kappa shape index (κ1) is 15.3. The second kappa shape index (κ2) is 6.43. The van der Waals surface area contributed by atoms with Crippen molar-refractivity contribution in [3.63, 3.8) is 0 Å². The lowest BCUT2D eigenvalue weighted by Gasteiger charge is -2.10. The second-order valence-electron chi connectivity index (χ2n) is 3.54. The van der Waals surface area contributed by atoms with Crippen molar-refractivity contribution in [1.82, 2.24) is 0 Å². The van der Waals surface area contributed by atoms with Crippen LogP contribution in [0.1, 0.15) is 12.8 Å². The van der Waals surface area contributed by atoms with Gasteiger partial charge in [0.15, 0.2) is 0 Å². The maximum atomic E-state index is 11.2. The first-order chi connectivity index (χ1) is 8.36. The van der Waals surface area contributed by atoms with Gasteiger partial charge in [-0.05, 0) is 18.9 Å². The van der Waals surface area contributed by atoms with Crippen LogP contribution < -0.4 is 9.88 Å². The summed E-state index contributed by atoms with van der Waals surface area (Å²) in [5.74, 6) is 0.332. The maximum absolute atomic E-state index is 11.2. The molecule has 0 fully saturated rings. The van der Waals surface area contributed by atoms with Crippen LogP contribution in [0.25, 0.3) is 0 Å². The summed E-state index contributed by atoms with van der Waals surface area (Å²) in [6.07, 6.45) is 3.39. The molecule has 0 spiro atoms. The minimum Gasteiger partial charge on any atom is -0.492 e. The van der Waals surface area contributed by atoms with Gasteiger partial charge in [-0.2, -0.15) is 0 Å². The summed E-state index contributed by atoms with van der Waals surface area (Å²) in [5, 5.41) is 5.13. The summed E-state index contributed by atoms with van der Waals surface area (Å²) in [7, 11) is -3.89. The number of rotatable bonds is 6. The van der Waals surface area contributed by atoms with Crippen LogP contribution in [0.4, 0.5) is 0 Å². The molecule has 2 N–H and O–H groups in total. The van der Waals surface area contributed by atoms with Gasteiger partial charge in [0.2, 0.25) is 10.0 Å². The Morgan fingerprint density at radius 3 is 2.56 bits per heavy atom. The van der Waals surface area contributed by atoms with E-state index in [4.69, 9.17) is 33.1 Å². The van der Waals surface area contributed by atoms with Crippen molar-refractivity contribution < 1.29 is 13.2 Å². The average Bonchev–Trinajstić information content (AvgIpc) is 2.27. The molecule has 0 aliphatic rings. The third-order valence-corrected chi connectivity index (χ3v) is 3.77. The summed E-state index contributed by atoms with van der Waals surface area (Å²) < 4.78 is 27.8. The summed E-state index contributed by atoms with van der Waals surface area (Å²) >= 11 is 11.7. The molecule has 0 aromatic heterocycles. The van der Waals surface area contributed by atoms with Crippen molar-refractivity contribution in [2.24, 2.45) is 5.14 Å².